The van der Waals surface area contributed by atoms with Gasteiger partial charge in [-0.3, -0.25) is 4.79 Å². The topological polar surface area (TPSA) is 43.1 Å². The normalized spacial score (nSPS) is 17.2. The second-order valence-electron chi connectivity index (χ2n) is 2.55. The van der Waals surface area contributed by atoms with E-state index in [1.165, 1.54) is 12.8 Å². The number of hydrogen-bond acceptors (Lipinski definition) is 3. The zero-order valence-electron chi connectivity index (χ0n) is 5.41. The number of rotatable bonds is 2. The van der Waals surface area contributed by atoms with Crippen molar-refractivity contribution in [3.63, 3.8) is 0 Å². The van der Waals surface area contributed by atoms with Crippen LogP contribution in [0.1, 0.15) is 35.0 Å². The summed E-state index contributed by atoms with van der Waals surface area (Å²) >= 11 is 0. The highest BCUT2D eigenvalue weighted by Crippen LogP contribution is 2.39. The summed E-state index contributed by atoms with van der Waals surface area (Å²) in [6, 6.07) is 1.71. The first-order valence-electron chi connectivity index (χ1n) is 3.32. The van der Waals surface area contributed by atoms with Crippen molar-refractivity contribution in [3.8, 4) is 0 Å². The molecule has 1 aromatic heterocycles. The molecular formula is C7H7NO2. The average Bonchev–Trinajstić information content (AvgIpc) is 2.70. The molecule has 0 bridgehead atoms. The fourth-order valence-electron chi connectivity index (χ4n) is 0.920. The molecule has 0 aliphatic heterocycles. The predicted molar refractivity (Wildman–Crippen MR) is 33.9 cm³/mol. The quantitative estimate of drug-likeness (QED) is 0.578. The molecule has 0 aromatic carbocycles. The summed E-state index contributed by atoms with van der Waals surface area (Å²) in [5, 5.41) is 3.55. The van der Waals surface area contributed by atoms with Crippen LogP contribution < -0.4 is 0 Å². The Kier molecular flexibility index (Phi) is 1.09. The maximum atomic E-state index is 10.1. The minimum Gasteiger partial charge on any atom is -0.360 e. The van der Waals surface area contributed by atoms with Crippen LogP contribution in [0.15, 0.2) is 10.6 Å². The van der Waals surface area contributed by atoms with Gasteiger partial charge in [-0.15, -0.1) is 0 Å². The van der Waals surface area contributed by atoms with Gasteiger partial charge in [-0.2, -0.15) is 0 Å². The molecule has 0 atom stereocenters. The molecule has 0 spiro atoms. The molecule has 0 amide bonds. The van der Waals surface area contributed by atoms with Crippen molar-refractivity contribution < 1.29 is 9.32 Å². The van der Waals surface area contributed by atoms with Gasteiger partial charge >= 0.3 is 0 Å². The van der Waals surface area contributed by atoms with Gasteiger partial charge in [-0.05, 0) is 12.8 Å². The van der Waals surface area contributed by atoms with Crippen molar-refractivity contribution >= 4 is 6.29 Å². The Morgan fingerprint density at radius 2 is 2.50 bits per heavy atom. The van der Waals surface area contributed by atoms with Crippen LogP contribution >= 0.6 is 0 Å². The minimum absolute atomic E-state index is 0.405. The number of nitrogens with zero attached hydrogens (tertiary/aromatic N) is 1. The first-order chi connectivity index (χ1) is 4.90. The lowest BCUT2D eigenvalue weighted by atomic mass is 10.3. The van der Waals surface area contributed by atoms with E-state index >= 15 is 0 Å². The third-order valence-electron chi connectivity index (χ3n) is 1.65. The van der Waals surface area contributed by atoms with Gasteiger partial charge in [0.05, 0.1) is 0 Å². The van der Waals surface area contributed by atoms with Crippen LogP contribution in [0.3, 0.4) is 0 Å². The number of aromatic nitrogens is 1. The number of hydrogen-bond donors (Lipinski definition) is 0. The maximum Gasteiger partial charge on any atom is 0.171 e. The third kappa shape index (κ3) is 0.835. The number of aldehydes is 1. The Morgan fingerprint density at radius 3 is 3.00 bits per heavy atom. The molecule has 1 fully saturated rings. The fourth-order valence-corrected chi connectivity index (χ4v) is 0.920. The molecule has 0 N–H and O–H groups in total. The van der Waals surface area contributed by atoms with E-state index < -0.39 is 0 Å². The summed E-state index contributed by atoms with van der Waals surface area (Å²) < 4.78 is 4.90. The van der Waals surface area contributed by atoms with Crippen LogP contribution in [-0.4, -0.2) is 11.4 Å². The molecular weight excluding hydrogens is 130 g/mol. The summed E-state index contributed by atoms with van der Waals surface area (Å²) in [5.74, 6) is 1.41. The number of carbonyl (C=O) groups is 1. The van der Waals surface area contributed by atoms with Crippen LogP contribution in [0.4, 0.5) is 0 Å². The van der Waals surface area contributed by atoms with E-state index in [0.717, 1.165) is 5.76 Å². The second-order valence-corrected chi connectivity index (χ2v) is 2.55. The van der Waals surface area contributed by atoms with Crippen molar-refractivity contribution in [1.82, 2.24) is 5.16 Å². The van der Waals surface area contributed by atoms with Crippen LogP contribution in [0, 0.1) is 0 Å². The van der Waals surface area contributed by atoms with Gasteiger partial charge in [0, 0.05) is 12.0 Å². The molecule has 3 heteroatoms. The lowest BCUT2D eigenvalue weighted by Crippen LogP contribution is -1.73. The van der Waals surface area contributed by atoms with E-state index in [1.54, 1.807) is 6.07 Å². The molecule has 1 aliphatic rings. The average molecular weight is 137 g/mol. The summed E-state index contributed by atoms with van der Waals surface area (Å²) in [6.07, 6.45) is 3.05. The Labute approximate surface area is 58.0 Å². The maximum absolute atomic E-state index is 10.1. The summed E-state index contributed by atoms with van der Waals surface area (Å²) in [6.45, 7) is 0. The van der Waals surface area contributed by atoms with Gasteiger partial charge in [0.25, 0.3) is 0 Å². The van der Waals surface area contributed by atoms with E-state index in [9.17, 15) is 4.79 Å². The van der Waals surface area contributed by atoms with E-state index in [4.69, 9.17) is 4.52 Å². The molecule has 0 saturated heterocycles. The largest absolute Gasteiger partial charge is 0.360 e. The van der Waals surface area contributed by atoms with Gasteiger partial charge in [-0.25, -0.2) is 0 Å². The van der Waals surface area contributed by atoms with Crippen LogP contribution in [0.5, 0.6) is 0 Å². The third-order valence-corrected chi connectivity index (χ3v) is 1.65. The minimum atomic E-state index is 0.405. The monoisotopic (exact) mass is 137 g/mol. The molecule has 1 aliphatic carbocycles. The van der Waals surface area contributed by atoms with E-state index in [0.29, 0.717) is 17.9 Å². The van der Waals surface area contributed by atoms with Gasteiger partial charge in [0.2, 0.25) is 0 Å². The molecule has 10 heavy (non-hydrogen) atoms. The van der Waals surface area contributed by atoms with Crippen molar-refractivity contribution in [2.45, 2.75) is 18.8 Å². The molecule has 0 unspecified atom stereocenters. The molecule has 2 rings (SSSR count). The van der Waals surface area contributed by atoms with Crippen LogP contribution in [-0.2, 0) is 0 Å². The lowest BCUT2D eigenvalue weighted by molar-refractivity contribution is 0.111. The second kappa shape index (κ2) is 1.94. The fraction of sp³-hybridized carbons (Fsp3) is 0.429. The van der Waals surface area contributed by atoms with E-state index in [2.05, 4.69) is 5.16 Å². The van der Waals surface area contributed by atoms with Gasteiger partial charge in [0.15, 0.2) is 6.29 Å². The van der Waals surface area contributed by atoms with Crippen LogP contribution in [0.2, 0.25) is 0 Å². The molecule has 1 aromatic rings. The summed E-state index contributed by atoms with van der Waals surface area (Å²) in [5.41, 5.74) is 0.405. The Balaban J connectivity index is 2.26. The SMILES string of the molecule is O=Cc1cc(C2CC2)on1. The van der Waals surface area contributed by atoms with Crippen molar-refractivity contribution in [1.29, 1.82) is 0 Å². The van der Waals surface area contributed by atoms with E-state index in [1.807, 2.05) is 0 Å². The van der Waals surface area contributed by atoms with Crippen LogP contribution in [0.25, 0.3) is 0 Å². The standard InChI is InChI=1S/C7H7NO2/c9-4-6-3-7(10-8-6)5-1-2-5/h3-5H,1-2H2. The first kappa shape index (κ1) is 5.65. The Bertz CT molecular complexity index is 250. The summed E-state index contributed by atoms with van der Waals surface area (Å²) in [7, 11) is 0. The zero-order chi connectivity index (χ0) is 6.97. The highest BCUT2D eigenvalue weighted by molar-refractivity contribution is 5.71. The highest BCUT2D eigenvalue weighted by Gasteiger charge is 2.27. The van der Waals surface area contributed by atoms with Gasteiger partial charge in [0.1, 0.15) is 11.5 Å². The molecule has 52 valence electrons. The summed E-state index contributed by atoms with van der Waals surface area (Å²) in [4.78, 5) is 10.1. The zero-order valence-corrected chi connectivity index (χ0v) is 5.41. The van der Waals surface area contributed by atoms with Gasteiger partial charge < -0.3 is 4.52 Å². The number of carbonyl (C=O) groups excluding carboxylic acids is 1. The van der Waals surface area contributed by atoms with Crippen molar-refractivity contribution in [3.05, 3.63) is 17.5 Å². The predicted octanol–water partition coefficient (Wildman–Crippen LogP) is 1.36. The van der Waals surface area contributed by atoms with E-state index in [-0.39, 0.29) is 0 Å². The highest BCUT2D eigenvalue weighted by atomic mass is 16.5. The Morgan fingerprint density at radius 1 is 1.70 bits per heavy atom. The molecule has 0 radical (unpaired) electrons. The van der Waals surface area contributed by atoms with Gasteiger partial charge in [-0.1, -0.05) is 5.16 Å². The first-order valence-corrected chi connectivity index (χ1v) is 3.32. The van der Waals surface area contributed by atoms with Crippen molar-refractivity contribution in [2.24, 2.45) is 0 Å². The smallest absolute Gasteiger partial charge is 0.171 e. The van der Waals surface area contributed by atoms with Crippen molar-refractivity contribution in [2.75, 3.05) is 0 Å². The molecule has 1 heterocycles. The Hall–Kier alpha value is -1.12. The molecule has 3 nitrogen and oxygen atoms in total. The lowest BCUT2D eigenvalue weighted by Gasteiger charge is -1.79. The molecule has 1 saturated carbocycles.